The Labute approximate surface area is 116 Å². The van der Waals surface area contributed by atoms with E-state index in [0.29, 0.717) is 5.56 Å². The molecular formula is C14H15N3OS. The highest BCUT2D eigenvalue weighted by Gasteiger charge is 2.14. The Hall–Kier alpha value is -1.88. The first kappa shape index (κ1) is 13.5. The molecule has 0 aliphatic rings. The zero-order valence-corrected chi connectivity index (χ0v) is 11.6. The van der Waals surface area contributed by atoms with Gasteiger partial charge in [-0.3, -0.25) is 9.78 Å². The molecule has 0 spiro atoms. The number of nitrogens with zero attached hydrogens (tertiary/aromatic N) is 2. The minimum absolute atomic E-state index is 0.0644. The lowest BCUT2D eigenvalue weighted by Gasteiger charge is -2.14. The third kappa shape index (κ3) is 3.32. The first-order valence-corrected chi connectivity index (χ1v) is 7.14. The van der Waals surface area contributed by atoms with Crippen LogP contribution in [0.3, 0.4) is 0 Å². The zero-order valence-electron chi connectivity index (χ0n) is 10.8. The third-order valence-corrected chi connectivity index (χ3v) is 3.47. The molecule has 0 saturated carbocycles. The summed E-state index contributed by atoms with van der Waals surface area (Å²) in [4.78, 5) is 20.4. The average Bonchev–Trinajstić information content (AvgIpc) is 2.48. The molecule has 0 saturated heterocycles. The van der Waals surface area contributed by atoms with E-state index in [2.05, 4.69) is 15.3 Å². The SMILES string of the molecule is CSc1ncccc1C(=O)NC(C)c1ccncc1. The molecule has 1 N–H and O–H groups in total. The summed E-state index contributed by atoms with van der Waals surface area (Å²) in [7, 11) is 0. The van der Waals surface area contributed by atoms with Gasteiger partial charge in [0.15, 0.2) is 0 Å². The Bertz CT molecular complexity index is 560. The topological polar surface area (TPSA) is 54.9 Å². The molecule has 1 atom stereocenters. The molecule has 2 aromatic rings. The first-order chi connectivity index (χ1) is 9.22. The molecular weight excluding hydrogens is 258 g/mol. The highest BCUT2D eigenvalue weighted by Crippen LogP contribution is 2.18. The van der Waals surface area contributed by atoms with Gasteiger partial charge in [0.1, 0.15) is 5.03 Å². The predicted octanol–water partition coefficient (Wildman–Crippen LogP) is 2.69. The summed E-state index contributed by atoms with van der Waals surface area (Å²) in [6, 6.07) is 7.28. The Morgan fingerprint density at radius 1 is 1.26 bits per heavy atom. The number of amides is 1. The normalized spacial score (nSPS) is 11.9. The fraction of sp³-hybridized carbons (Fsp3) is 0.214. The van der Waals surface area contributed by atoms with Crippen LogP contribution < -0.4 is 5.32 Å². The molecule has 98 valence electrons. The summed E-state index contributed by atoms with van der Waals surface area (Å²) in [6.45, 7) is 1.95. The van der Waals surface area contributed by atoms with Crippen molar-refractivity contribution in [3.8, 4) is 0 Å². The van der Waals surface area contributed by atoms with Gasteiger partial charge in [0, 0.05) is 18.6 Å². The summed E-state index contributed by atoms with van der Waals surface area (Å²) in [5, 5.41) is 3.71. The molecule has 1 amide bonds. The summed E-state index contributed by atoms with van der Waals surface area (Å²) in [5.41, 5.74) is 1.63. The van der Waals surface area contributed by atoms with Gasteiger partial charge in [-0.25, -0.2) is 4.98 Å². The van der Waals surface area contributed by atoms with Gasteiger partial charge in [0.25, 0.3) is 5.91 Å². The van der Waals surface area contributed by atoms with E-state index < -0.39 is 0 Å². The van der Waals surface area contributed by atoms with Crippen LogP contribution in [-0.2, 0) is 0 Å². The molecule has 0 bridgehead atoms. The molecule has 2 aromatic heterocycles. The highest BCUT2D eigenvalue weighted by molar-refractivity contribution is 7.98. The number of thioether (sulfide) groups is 1. The van der Waals surface area contributed by atoms with Crippen LogP contribution in [0, 0.1) is 0 Å². The quantitative estimate of drug-likeness (QED) is 0.870. The van der Waals surface area contributed by atoms with Crippen LogP contribution in [0.2, 0.25) is 0 Å². The van der Waals surface area contributed by atoms with E-state index in [9.17, 15) is 4.79 Å². The van der Waals surface area contributed by atoms with Gasteiger partial charge >= 0.3 is 0 Å². The largest absolute Gasteiger partial charge is 0.345 e. The van der Waals surface area contributed by atoms with Crippen LogP contribution >= 0.6 is 11.8 Å². The van der Waals surface area contributed by atoms with Crippen LogP contribution in [0.5, 0.6) is 0 Å². The molecule has 2 heterocycles. The fourth-order valence-corrected chi connectivity index (χ4v) is 2.28. The van der Waals surface area contributed by atoms with Crippen molar-refractivity contribution in [3.63, 3.8) is 0 Å². The maximum absolute atomic E-state index is 12.2. The molecule has 1 unspecified atom stereocenters. The average molecular weight is 273 g/mol. The van der Waals surface area contributed by atoms with Crippen molar-refractivity contribution in [2.75, 3.05) is 6.26 Å². The minimum atomic E-state index is -0.109. The first-order valence-electron chi connectivity index (χ1n) is 5.92. The number of hydrogen-bond acceptors (Lipinski definition) is 4. The van der Waals surface area contributed by atoms with Gasteiger partial charge in [-0.1, -0.05) is 0 Å². The third-order valence-electron chi connectivity index (χ3n) is 2.76. The maximum atomic E-state index is 12.2. The second-order valence-electron chi connectivity index (χ2n) is 4.04. The Morgan fingerprint density at radius 2 is 2.00 bits per heavy atom. The van der Waals surface area contributed by atoms with E-state index in [1.54, 1.807) is 30.7 Å². The highest BCUT2D eigenvalue weighted by atomic mass is 32.2. The van der Waals surface area contributed by atoms with Crippen molar-refractivity contribution in [1.29, 1.82) is 0 Å². The smallest absolute Gasteiger partial charge is 0.254 e. The molecule has 0 aliphatic heterocycles. The summed E-state index contributed by atoms with van der Waals surface area (Å²) in [5.74, 6) is -0.109. The van der Waals surface area contributed by atoms with Gasteiger partial charge in [-0.2, -0.15) is 0 Å². The lowest BCUT2D eigenvalue weighted by molar-refractivity contribution is 0.0936. The van der Waals surface area contributed by atoms with Crippen LogP contribution in [0.15, 0.2) is 47.9 Å². The fourth-order valence-electron chi connectivity index (χ4n) is 1.74. The van der Waals surface area contributed by atoms with Crippen molar-refractivity contribution in [3.05, 3.63) is 54.0 Å². The van der Waals surface area contributed by atoms with Gasteiger partial charge in [-0.15, -0.1) is 11.8 Å². The van der Waals surface area contributed by atoms with Crippen LogP contribution in [0.4, 0.5) is 0 Å². The van der Waals surface area contributed by atoms with Gasteiger partial charge in [0.05, 0.1) is 11.6 Å². The monoisotopic (exact) mass is 273 g/mol. The summed E-state index contributed by atoms with van der Waals surface area (Å²) in [6.07, 6.45) is 7.03. The molecule has 0 aliphatic carbocycles. The number of nitrogens with one attached hydrogen (secondary N) is 1. The molecule has 5 heteroatoms. The molecule has 0 radical (unpaired) electrons. The van der Waals surface area contributed by atoms with Gasteiger partial charge in [-0.05, 0) is 43.0 Å². The van der Waals surface area contributed by atoms with E-state index in [-0.39, 0.29) is 11.9 Å². The van der Waals surface area contributed by atoms with Crippen molar-refractivity contribution in [2.45, 2.75) is 18.0 Å². The number of hydrogen-bond donors (Lipinski definition) is 1. The van der Waals surface area contributed by atoms with E-state index >= 15 is 0 Å². The second kappa shape index (κ2) is 6.33. The number of rotatable bonds is 4. The Balaban J connectivity index is 2.13. The van der Waals surface area contributed by atoms with Crippen LogP contribution in [0.25, 0.3) is 0 Å². The summed E-state index contributed by atoms with van der Waals surface area (Å²) < 4.78 is 0. The van der Waals surface area contributed by atoms with E-state index in [1.165, 1.54) is 11.8 Å². The molecule has 4 nitrogen and oxygen atoms in total. The predicted molar refractivity (Wildman–Crippen MR) is 76.1 cm³/mol. The molecule has 0 aromatic carbocycles. The van der Waals surface area contributed by atoms with Gasteiger partial charge in [0.2, 0.25) is 0 Å². The molecule has 0 fully saturated rings. The summed E-state index contributed by atoms with van der Waals surface area (Å²) >= 11 is 1.46. The number of carbonyl (C=O) groups is 1. The lowest BCUT2D eigenvalue weighted by atomic mass is 10.1. The number of carbonyl (C=O) groups excluding carboxylic acids is 1. The maximum Gasteiger partial charge on any atom is 0.254 e. The Kier molecular flexibility index (Phi) is 4.52. The van der Waals surface area contributed by atoms with Crippen molar-refractivity contribution in [1.82, 2.24) is 15.3 Å². The molecule has 19 heavy (non-hydrogen) atoms. The number of pyridine rings is 2. The zero-order chi connectivity index (χ0) is 13.7. The molecule has 2 rings (SSSR count). The van der Waals surface area contributed by atoms with Crippen molar-refractivity contribution < 1.29 is 4.79 Å². The minimum Gasteiger partial charge on any atom is -0.345 e. The van der Waals surface area contributed by atoms with Crippen LogP contribution in [-0.4, -0.2) is 22.1 Å². The van der Waals surface area contributed by atoms with Crippen molar-refractivity contribution >= 4 is 17.7 Å². The Morgan fingerprint density at radius 3 is 2.68 bits per heavy atom. The van der Waals surface area contributed by atoms with Gasteiger partial charge < -0.3 is 5.32 Å². The van der Waals surface area contributed by atoms with E-state index in [0.717, 1.165) is 10.6 Å². The van der Waals surface area contributed by atoms with Crippen molar-refractivity contribution in [2.24, 2.45) is 0 Å². The second-order valence-corrected chi connectivity index (χ2v) is 4.83. The van der Waals surface area contributed by atoms with E-state index in [4.69, 9.17) is 0 Å². The lowest BCUT2D eigenvalue weighted by Crippen LogP contribution is -2.27. The van der Waals surface area contributed by atoms with Crippen LogP contribution in [0.1, 0.15) is 28.9 Å². The van der Waals surface area contributed by atoms with E-state index in [1.807, 2.05) is 25.3 Å². The standard InChI is InChI=1S/C14H15N3OS/c1-10(11-5-8-15-9-6-11)17-13(18)12-4-3-7-16-14(12)19-2/h3-10H,1-2H3,(H,17,18). The number of aromatic nitrogens is 2.